The lowest BCUT2D eigenvalue weighted by molar-refractivity contribution is -0.145. The molecule has 0 amide bonds. The van der Waals surface area contributed by atoms with Crippen molar-refractivity contribution in [2.24, 2.45) is 0 Å². The normalized spacial score (nSPS) is 11.6. The summed E-state index contributed by atoms with van der Waals surface area (Å²) in [7, 11) is 4.32. The van der Waals surface area contributed by atoms with Crippen LogP contribution in [0.2, 0.25) is 0 Å². The summed E-state index contributed by atoms with van der Waals surface area (Å²) in [6, 6.07) is 0. The maximum atomic E-state index is 12.2. The molecule has 2 aromatic rings. The first-order chi connectivity index (χ1) is 14.4. The number of methoxy groups -OCH3 is 3. The lowest BCUT2D eigenvalue weighted by Crippen LogP contribution is -2.11. The molecule has 8 nitrogen and oxygen atoms in total. The number of aryl methyl sites for hydroxylation is 1. The van der Waals surface area contributed by atoms with Gasteiger partial charge >= 0.3 is 11.9 Å². The summed E-state index contributed by atoms with van der Waals surface area (Å²) in [6.45, 7) is 3.33. The van der Waals surface area contributed by atoms with E-state index < -0.39 is 5.97 Å². The number of carbonyl (C=O) groups is 2. The number of pyridine rings is 1. The molecule has 0 N–H and O–H groups in total. The number of ether oxygens (including phenoxy) is 4. The van der Waals surface area contributed by atoms with Crippen molar-refractivity contribution < 1.29 is 28.5 Å². The molecule has 0 radical (unpaired) electrons. The summed E-state index contributed by atoms with van der Waals surface area (Å²) in [5.41, 5.74) is 1.19. The lowest BCUT2D eigenvalue weighted by Gasteiger charge is -2.13. The Morgan fingerprint density at radius 2 is 1.90 bits per heavy atom. The van der Waals surface area contributed by atoms with Crippen LogP contribution in [-0.4, -0.2) is 49.3 Å². The number of unbranched alkanes of at least 4 members (excludes halogenated alkanes) is 2. The van der Waals surface area contributed by atoms with Gasteiger partial charge in [-0.25, -0.2) is 14.8 Å². The number of aromatic nitrogens is 2. The molecule has 164 valence electrons. The summed E-state index contributed by atoms with van der Waals surface area (Å²) < 4.78 is 20.8. The van der Waals surface area contributed by atoms with Gasteiger partial charge in [-0.2, -0.15) is 0 Å². The van der Waals surface area contributed by atoms with E-state index in [9.17, 15) is 9.59 Å². The maximum Gasteiger partial charge on any atom is 0.357 e. The van der Waals surface area contributed by atoms with E-state index in [0.29, 0.717) is 22.8 Å². The number of hydrogen-bond donors (Lipinski definition) is 0. The van der Waals surface area contributed by atoms with Crippen LogP contribution in [-0.2, 0) is 20.7 Å². The predicted octanol–water partition coefficient (Wildman–Crippen LogP) is 4.06. The third-order valence-corrected chi connectivity index (χ3v) is 5.39. The topological polar surface area (TPSA) is 96.8 Å². The Hall–Kier alpha value is -2.68. The smallest absolute Gasteiger partial charge is 0.357 e. The zero-order chi connectivity index (χ0) is 22.1. The molecule has 0 fully saturated rings. The van der Waals surface area contributed by atoms with E-state index in [1.165, 1.54) is 45.8 Å². The van der Waals surface area contributed by atoms with Gasteiger partial charge in [0.25, 0.3) is 0 Å². The van der Waals surface area contributed by atoms with Gasteiger partial charge in [0.15, 0.2) is 17.2 Å². The molecule has 0 bridgehead atoms. The van der Waals surface area contributed by atoms with E-state index in [1.807, 2.05) is 12.3 Å². The molecule has 2 heterocycles. The third kappa shape index (κ3) is 6.16. The highest BCUT2D eigenvalue weighted by Crippen LogP contribution is 2.40. The molecule has 0 aliphatic rings. The van der Waals surface area contributed by atoms with Crippen LogP contribution in [0.15, 0.2) is 11.6 Å². The average molecular weight is 437 g/mol. The summed E-state index contributed by atoms with van der Waals surface area (Å²) in [5.74, 6) is -0.00480. The third-order valence-electron chi connectivity index (χ3n) is 4.48. The van der Waals surface area contributed by atoms with Gasteiger partial charge in [-0.3, -0.25) is 4.79 Å². The SMILES string of the molecule is COC(=O)c1ncc(OC)c(OC)c1-c1csc(CCCCCC(C)OC(C)=O)n1. The molecule has 0 spiro atoms. The Labute approximate surface area is 180 Å². The Bertz CT molecular complexity index is 867. The van der Waals surface area contributed by atoms with Gasteiger partial charge in [0, 0.05) is 12.3 Å². The fourth-order valence-electron chi connectivity index (χ4n) is 3.08. The van der Waals surface area contributed by atoms with E-state index in [-0.39, 0.29) is 17.8 Å². The predicted molar refractivity (Wildman–Crippen MR) is 113 cm³/mol. The Morgan fingerprint density at radius 1 is 1.13 bits per heavy atom. The first-order valence-corrected chi connectivity index (χ1v) is 10.6. The Kier molecular flexibility index (Phi) is 9.04. The standard InChI is InChI=1S/C21H28N2O6S/c1-13(29-14(2)24)9-7-6-8-10-17-23-15(12-30-17)18-19(21(25)28-5)22-11-16(26-3)20(18)27-4/h11-13H,6-10H2,1-5H3. The van der Waals surface area contributed by atoms with Crippen LogP contribution in [0.3, 0.4) is 0 Å². The number of carbonyl (C=O) groups excluding carboxylic acids is 2. The van der Waals surface area contributed by atoms with Gasteiger partial charge in [-0.05, 0) is 32.6 Å². The van der Waals surface area contributed by atoms with Crippen molar-refractivity contribution in [3.8, 4) is 22.8 Å². The number of esters is 2. The van der Waals surface area contributed by atoms with Gasteiger partial charge in [-0.15, -0.1) is 11.3 Å². The summed E-state index contributed by atoms with van der Waals surface area (Å²) >= 11 is 1.52. The van der Waals surface area contributed by atoms with Crippen LogP contribution in [0.1, 0.15) is 55.0 Å². The van der Waals surface area contributed by atoms with E-state index >= 15 is 0 Å². The second kappa shape index (κ2) is 11.5. The lowest BCUT2D eigenvalue weighted by atomic mass is 10.1. The minimum absolute atomic E-state index is 0.0567. The van der Waals surface area contributed by atoms with Gasteiger partial charge in [0.2, 0.25) is 0 Å². The molecule has 0 aliphatic carbocycles. The van der Waals surface area contributed by atoms with Gasteiger partial charge in [0.1, 0.15) is 0 Å². The van der Waals surface area contributed by atoms with Crippen molar-refractivity contribution in [1.29, 1.82) is 0 Å². The second-order valence-corrected chi connectivity index (χ2v) is 7.66. The largest absolute Gasteiger partial charge is 0.492 e. The Balaban J connectivity index is 2.08. The van der Waals surface area contributed by atoms with Crippen LogP contribution >= 0.6 is 11.3 Å². The van der Waals surface area contributed by atoms with E-state index in [4.69, 9.17) is 18.9 Å². The van der Waals surface area contributed by atoms with Crippen molar-refractivity contribution in [3.63, 3.8) is 0 Å². The number of rotatable bonds is 11. The van der Waals surface area contributed by atoms with E-state index in [0.717, 1.165) is 37.1 Å². The average Bonchev–Trinajstić information content (AvgIpc) is 3.19. The minimum Gasteiger partial charge on any atom is -0.492 e. The first-order valence-electron chi connectivity index (χ1n) is 9.72. The fraction of sp³-hybridized carbons (Fsp3) is 0.524. The minimum atomic E-state index is -0.567. The highest BCUT2D eigenvalue weighted by molar-refractivity contribution is 7.09. The molecule has 2 rings (SSSR count). The molecule has 0 aliphatic heterocycles. The van der Waals surface area contributed by atoms with Crippen LogP contribution in [0.4, 0.5) is 0 Å². The van der Waals surface area contributed by atoms with Crippen molar-refractivity contribution >= 4 is 23.3 Å². The molecular weight excluding hydrogens is 408 g/mol. The van der Waals surface area contributed by atoms with Crippen LogP contribution < -0.4 is 9.47 Å². The summed E-state index contributed by atoms with van der Waals surface area (Å²) in [4.78, 5) is 32.0. The van der Waals surface area contributed by atoms with Gasteiger partial charge < -0.3 is 18.9 Å². The van der Waals surface area contributed by atoms with Crippen LogP contribution in [0.25, 0.3) is 11.3 Å². The maximum absolute atomic E-state index is 12.2. The molecule has 30 heavy (non-hydrogen) atoms. The van der Waals surface area contributed by atoms with Crippen molar-refractivity contribution in [3.05, 3.63) is 22.3 Å². The monoisotopic (exact) mass is 436 g/mol. The molecule has 0 aromatic carbocycles. The zero-order valence-corrected chi connectivity index (χ0v) is 18.8. The molecule has 0 saturated heterocycles. The highest BCUT2D eigenvalue weighted by atomic mass is 32.1. The van der Waals surface area contributed by atoms with Crippen molar-refractivity contribution in [1.82, 2.24) is 9.97 Å². The molecule has 2 aromatic heterocycles. The van der Waals surface area contributed by atoms with Crippen molar-refractivity contribution in [2.45, 2.75) is 52.1 Å². The van der Waals surface area contributed by atoms with Crippen molar-refractivity contribution in [2.75, 3.05) is 21.3 Å². The zero-order valence-electron chi connectivity index (χ0n) is 18.0. The summed E-state index contributed by atoms with van der Waals surface area (Å²) in [5, 5.41) is 2.84. The summed E-state index contributed by atoms with van der Waals surface area (Å²) in [6.07, 6.45) is 6.00. The molecule has 1 atom stereocenters. The molecular formula is C21H28N2O6S. The van der Waals surface area contributed by atoms with Gasteiger partial charge in [0.05, 0.1) is 49.9 Å². The van der Waals surface area contributed by atoms with E-state index in [2.05, 4.69) is 9.97 Å². The number of thiazole rings is 1. The fourth-order valence-corrected chi connectivity index (χ4v) is 3.91. The molecule has 1 unspecified atom stereocenters. The molecule has 0 saturated carbocycles. The second-order valence-electron chi connectivity index (χ2n) is 6.72. The van der Waals surface area contributed by atoms with Crippen LogP contribution in [0, 0.1) is 0 Å². The number of hydrogen-bond acceptors (Lipinski definition) is 9. The highest BCUT2D eigenvalue weighted by Gasteiger charge is 2.25. The quantitative estimate of drug-likeness (QED) is 0.384. The van der Waals surface area contributed by atoms with E-state index in [1.54, 1.807) is 0 Å². The Morgan fingerprint density at radius 3 is 2.53 bits per heavy atom. The first kappa shape index (κ1) is 23.6. The van der Waals surface area contributed by atoms with Gasteiger partial charge in [-0.1, -0.05) is 6.42 Å². The number of nitrogens with zero attached hydrogens (tertiary/aromatic N) is 2. The van der Waals surface area contributed by atoms with Crippen LogP contribution in [0.5, 0.6) is 11.5 Å². The molecule has 9 heteroatoms.